The third kappa shape index (κ3) is 4.00. The van der Waals surface area contributed by atoms with Gasteiger partial charge in [0.15, 0.2) is 0 Å². The van der Waals surface area contributed by atoms with Crippen molar-refractivity contribution >= 4 is 29.6 Å². The van der Waals surface area contributed by atoms with Crippen molar-refractivity contribution < 1.29 is 23.9 Å². The molecular formula is C17H16N2O5S. The third-order valence-electron chi connectivity index (χ3n) is 3.70. The number of carbonyl (C=O) groups is 3. The lowest BCUT2D eigenvalue weighted by molar-refractivity contribution is -0.150. The molecule has 0 bridgehead atoms. The standard InChI is InChI=1S/C17H16N2O5S/c1-23-12(20)9-25-16-11(8-18)13(10-6-4-3-5-7-10)14(15(21)19-16)17(22)24-2/h3-7,13-14H,9H2,1-2H3,(H,19,21)/t13-,14-/m1/s1. The molecule has 2 atom stereocenters. The number of hydrogen-bond donors (Lipinski definition) is 1. The van der Waals surface area contributed by atoms with Crippen LogP contribution in [0.2, 0.25) is 0 Å². The van der Waals surface area contributed by atoms with E-state index in [2.05, 4.69) is 16.1 Å². The normalized spacial score (nSPS) is 19.6. The first kappa shape index (κ1) is 18.5. The SMILES string of the molecule is COC(=O)CSC1=C(C#N)[C@@H](c2ccccc2)[C@@H](C(=O)OC)C(=O)N1. The Bertz CT molecular complexity index is 754. The van der Waals surface area contributed by atoms with E-state index in [9.17, 15) is 19.6 Å². The number of methoxy groups -OCH3 is 2. The highest BCUT2D eigenvalue weighted by atomic mass is 32.2. The Morgan fingerprint density at radius 1 is 1.24 bits per heavy atom. The van der Waals surface area contributed by atoms with Gasteiger partial charge in [-0.1, -0.05) is 42.1 Å². The minimum Gasteiger partial charge on any atom is -0.468 e. The average Bonchev–Trinajstić information content (AvgIpc) is 2.65. The Morgan fingerprint density at radius 2 is 1.92 bits per heavy atom. The summed E-state index contributed by atoms with van der Waals surface area (Å²) in [7, 11) is 2.44. The first-order valence-electron chi connectivity index (χ1n) is 7.31. The van der Waals surface area contributed by atoms with Gasteiger partial charge in [0.25, 0.3) is 0 Å². The fourth-order valence-corrected chi connectivity index (χ4v) is 3.41. The van der Waals surface area contributed by atoms with Gasteiger partial charge in [0.1, 0.15) is 5.92 Å². The molecule has 1 aliphatic heterocycles. The number of benzene rings is 1. The van der Waals surface area contributed by atoms with E-state index < -0.39 is 29.7 Å². The molecule has 1 aliphatic rings. The molecule has 1 N–H and O–H groups in total. The number of esters is 2. The maximum Gasteiger partial charge on any atom is 0.319 e. The van der Waals surface area contributed by atoms with Crippen molar-refractivity contribution in [1.29, 1.82) is 5.26 Å². The number of nitrogens with zero attached hydrogens (tertiary/aromatic N) is 1. The molecule has 0 saturated carbocycles. The van der Waals surface area contributed by atoms with Crippen LogP contribution in [0, 0.1) is 17.2 Å². The molecule has 0 unspecified atom stereocenters. The summed E-state index contributed by atoms with van der Waals surface area (Å²) in [6, 6.07) is 10.8. The summed E-state index contributed by atoms with van der Waals surface area (Å²) in [5, 5.41) is 12.4. The van der Waals surface area contributed by atoms with Gasteiger partial charge in [-0.05, 0) is 5.56 Å². The van der Waals surface area contributed by atoms with Gasteiger partial charge < -0.3 is 14.8 Å². The second-order valence-electron chi connectivity index (χ2n) is 5.10. The number of amides is 1. The van der Waals surface area contributed by atoms with Crippen molar-refractivity contribution in [3.8, 4) is 6.07 Å². The third-order valence-corrected chi connectivity index (χ3v) is 4.70. The smallest absolute Gasteiger partial charge is 0.319 e. The van der Waals surface area contributed by atoms with Crippen LogP contribution >= 0.6 is 11.8 Å². The van der Waals surface area contributed by atoms with E-state index in [1.165, 1.54) is 14.2 Å². The first-order valence-corrected chi connectivity index (χ1v) is 8.29. The maximum absolute atomic E-state index is 12.5. The van der Waals surface area contributed by atoms with E-state index in [4.69, 9.17) is 4.74 Å². The molecule has 25 heavy (non-hydrogen) atoms. The molecule has 1 aromatic carbocycles. The topological polar surface area (TPSA) is 105 Å². The van der Waals surface area contributed by atoms with Crippen molar-refractivity contribution in [2.75, 3.05) is 20.0 Å². The van der Waals surface area contributed by atoms with Gasteiger partial charge in [-0.15, -0.1) is 0 Å². The number of nitrogens with one attached hydrogen (secondary N) is 1. The van der Waals surface area contributed by atoms with E-state index >= 15 is 0 Å². The van der Waals surface area contributed by atoms with E-state index in [1.54, 1.807) is 30.3 Å². The van der Waals surface area contributed by atoms with Crippen LogP contribution in [0.4, 0.5) is 0 Å². The zero-order valence-corrected chi connectivity index (χ0v) is 14.5. The highest BCUT2D eigenvalue weighted by Gasteiger charge is 2.44. The lowest BCUT2D eigenvalue weighted by atomic mass is 9.78. The number of carbonyl (C=O) groups excluding carboxylic acids is 3. The van der Waals surface area contributed by atoms with Gasteiger partial charge in [-0.2, -0.15) is 5.26 Å². The van der Waals surface area contributed by atoms with Crippen molar-refractivity contribution in [2.45, 2.75) is 5.92 Å². The van der Waals surface area contributed by atoms with E-state index in [0.29, 0.717) is 5.56 Å². The number of ether oxygens (including phenoxy) is 2. The number of allylic oxidation sites excluding steroid dienone is 1. The molecule has 1 amide bonds. The van der Waals surface area contributed by atoms with Crippen LogP contribution in [-0.4, -0.2) is 37.8 Å². The van der Waals surface area contributed by atoms with E-state index in [0.717, 1.165) is 11.8 Å². The zero-order chi connectivity index (χ0) is 18.4. The van der Waals surface area contributed by atoms with Crippen LogP contribution in [-0.2, 0) is 23.9 Å². The van der Waals surface area contributed by atoms with Crippen LogP contribution in [0.1, 0.15) is 11.5 Å². The lowest BCUT2D eigenvalue weighted by Gasteiger charge is -2.30. The van der Waals surface area contributed by atoms with Gasteiger partial charge in [-0.3, -0.25) is 14.4 Å². The average molecular weight is 360 g/mol. The Labute approximate surface area is 149 Å². The van der Waals surface area contributed by atoms with Gasteiger partial charge in [0, 0.05) is 5.92 Å². The fourth-order valence-electron chi connectivity index (χ4n) is 2.53. The number of nitriles is 1. The fraction of sp³-hybridized carbons (Fsp3) is 0.294. The van der Waals surface area contributed by atoms with Crippen molar-refractivity contribution in [3.63, 3.8) is 0 Å². The second-order valence-corrected chi connectivity index (χ2v) is 6.08. The lowest BCUT2D eigenvalue weighted by Crippen LogP contribution is -2.44. The van der Waals surface area contributed by atoms with Gasteiger partial charge in [0.2, 0.25) is 5.91 Å². The maximum atomic E-state index is 12.5. The first-order chi connectivity index (χ1) is 12.0. The molecule has 8 heteroatoms. The highest BCUT2D eigenvalue weighted by Crippen LogP contribution is 2.39. The zero-order valence-electron chi connectivity index (χ0n) is 13.6. The molecule has 1 heterocycles. The molecule has 0 fully saturated rings. The minimum absolute atomic E-state index is 0.0678. The second kappa shape index (κ2) is 8.35. The van der Waals surface area contributed by atoms with Gasteiger partial charge in [-0.25, -0.2) is 0 Å². The molecule has 2 rings (SSSR count). The highest BCUT2D eigenvalue weighted by molar-refractivity contribution is 8.03. The van der Waals surface area contributed by atoms with Crippen molar-refractivity contribution in [1.82, 2.24) is 5.32 Å². The summed E-state index contributed by atoms with van der Waals surface area (Å²) < 4.78 is 9.32. The monoisotopic (exact) mass is 360 g/mol. The predicted octanol–water partition coefficient (Wildman–Crippen LogP) is 1.33. The van der Waals surface area contributed by atoms with Crippen LogP contribution in [0.25, 0.3) is 0 Å². The predicted molar refractivity (Wildman–Crippen MR) is 89.9 cm³/mol. The quantitative estimate of drug-likeness (QED) is 0.624. The number of thioether (sulfide) groups is 1. The molecule has 0 aromatic heterocycles. The Morgan fingerprint density at radius 3 is 2.48 bits per heavy atom. The van der Waals surface area contributed by atoms with Crippen molar-refractivity contribution in [2.24, 2.45) is 5.92 Å². The molecule has 7 nitrogen and oxygen atoms in total. The molecule has 130 valence electrons. The largest absolute Gasteiger partial charge is 0.468 e. The Hall–Kier alpha value is -2.79. The van der Waals surface area contributed by atoms with E-state index in [1.807, 2.05) is 0 Å². The summed E-state index contributed by atoms with van der Waals surface area (Å²) in [4.78, 5) is 36.0. The van der Waals surface area contributed by atoms with Crippen LogP contribution in [0.3, 0.4) is 0 Å². The summed E-state index contributed by atoms with van der Waals surface area (Å²) >= 11 is 0.985. The van der Waals surface area contributed by atoms with E-state index in [-0.39, 0.29) is 16.4 Å². The van der Waals surface area contributed by atoms with Crippen molar-refractivity contribution in [3.05, 3.63) is 46.5 Å². The van der Waals surface area contributed by atoms with Crippen LogP contribution < -0.4 is 5.32 Å². The molecule has 0 spiro atoms. The van der Waals surface area contributed by atoms with Gasteiger partial charge >= 0.3 is 11.9 Å². The molecule has 0 saturated heterocycles. The molecule has 1 aromatic rings. The van der Waals surface area contributed by atoms with Gasteiger partial charge in [0.05, 0.1) is 36.6 Å². The minimum atomic E-state index is -1.18. The Balaban J connectivity index is 2.51. The molecule has 0 aliphatic carbocycles. The summed E-state index contributed by atoms with van der Waals surface area (Å²) in [6.45, 7) is 0. The van der Waals surface area contributed by atoms with Crippen LogP contribution in [0.5, 0.6) is 0 Å². The summed E-state index contributed by atoms with van der Waals surface area (Å²) in [6.07, 6.45) is 0. The Kier molecular flexibility index (Phi) is 6.19. The van der Waals surface area contributed by atoms with Crippen LogP contribution in [0.15, 0.2) is 40.9 Å². The molecule has 0 radical (unpaired) electrons. The number of rotatable bonds is 5. The summed E-state index contributed by atoms with van der Waals surface area (Å²) in [5.41, 5.74) is 0.843. The number of hydrogen-bond acceptors (Lipinski definition) is 7. The molecular weight excluding hydrogens is 344 g/mol. The summed E-state index contributed by atoms with van der Waals surface area (Å²) in [5.74, 6) is -3.82.